The summed E-state index contributed by atoms with van der Waals surface area (Å²) < 4.78 is 5.57. The van der Waals surface area contributed by atoms with Crippen molar-refractivity contribution in [2.24, 2.45) is 0 Å². The van der Waals surface area contributed by atoms with Gasteiger partial charge in [-0.25, -0.2) is 0 Å². The fraction of sp³-hybridized carbons (Fsp3) is 0.478. The van der Waals surface area contributed by atoms with Gasteiger partial charge < -0.3 is 14.7 Å². The highest BCUT2D eigenvalue weighted by molar-refractivity contribution is 7.10. The molecule has 0 unspecified atom stereocenters. The van der Waals surface area contributed by atoms with E-state index in [0.717, 1.165) is 40.8 Å². The second-order valence-electron chi connectivity index (χ2n) is 7.17. The molecule has 2 aromatic rings. The predicted octanol–water partition coefficient (Wildman–Crippen LogP) is 5.51. The minimum Gasteiger partial charge on any atom is -0.481 e. The zero-order valence-electron chi connectivity index (χ0n) is 17.5. The summed E-state index contributed by atoms with van der Waals surface area (Å²) in [5.74, 6) is -0.679. The fourth-order valence-electron chi connectivity index (χ4n) is 3.18. The van der Waals surface area contributed by atoms with Crippen molar-refractivity contribution in [1.82, 2.24) is 4.90 Å². The predicted molar refractivity (Wildman–Crippen MR) is 117 cm³/mol. The van der Waals surface area contributed by atoms with Gasteiger partial charge in [-0.15, -0.1) is 11.3 Å². The Morgan fingerprint density at radius 1 is 1.14 bits per heavy atom. The van der Waals surface area contributed by atoms with Crippen molar-refractivity contribution in [2.45, 2.75) is 58.6 Å². The standard InChI is InChI=1S/C23H31NO4S/c1-4-6-7-8-22(25)24(3)15-20-13-19(16-29-20)17-9-11-18(12-10-17)21(28-5-2)14-23(26)27/h9-13,16,21H,4-8,14-15H2,1-3H3,(H,26,27)/t21-/m0/s1. The van der Waals surface area contributed by atoms with Crippen LogP contribution in [0.4, 0.5) is 0 Å². The van der Waals surface area contributed by atoms with Crippen LogP contribution in [0.2, 0.25) is 0 Å². The number of carboxylic acids is 1. The maximum absolute atomic E-state index is 12.2. The molecule has 2 rings (SSSR count). The molecular weight excluding hydrogens is 386 g/mol. The summed E-state index contributed by atoms with van der Waals surface area (Å²) in [6.07, 6.45) is 3.29. The molecule has 1 N–H and O–H groups in total. The molecule has 158 valence electrons. The van der Waals surface area contributed by atoms with E-state index >= 15 is 0 Å². The van der Waals surface area contributed by atoms with E-state index in [1.807, 2.05) is 38.2 Å². The Labute approximate surface area is 177 Å². The van der Waals surface area contributed by atoms with Gasteiger partial charge in [-0.05, 0) is 41.5 Å². The minimum absolute atomic E-state index is 0.0472. The molecular formula is C23H31NO4S. The van der Waals surface area contributed by atoms with Gasteiger partial charge in [0.15, 0.2) is 0 Å². The van der Waals surface area contributed by atoms with Crippen LogP contribution >= 0.6 is 11.3 Å². The summed E-state index contributed by atoms with van der Waals surface area (Å²) in [5, 5.41) is 11.2. The lowest BCUT2D eigenvalue weighted by Gasteiger charge is -2.16. The monoisotopic (exact) mass is 417 g/mol. The van der Waals surface area contributed by atoms with Crippen LogP contribution in [0.15, 0.2) is 35.7 Å². The van der Waals surface area contributed by atoms with E-state index in [1.165, 1.54) is 0 Å². The van der Waals surface area contributed by atoms with E-state index in [-0.39, 0.29) is 12.3 Å². The Morgan fingerprint density at radius 3 is 2.48 bits per heavy atom. The molecule has 0 bridgehead atoms. The highest BCUT2D eigenvalue weighted by Crippen LogP contribution is 2.29. The SMILES string of the molecule is CCCCCC(=O)N(C)Cc1cc(-c2ccc([C@H](CC(=O)O)OCC)cc2)cs1. The van der Waals surface area contributed by atoms with Gasteiger partial charge in [0.2, 0.25) is 5.91 Å². The molecule has 1 aromatic heterocycles. The molecule has 0 spiro atoms. The first-order valence-corrected chi connectivity index (χ1v) is 11.1. The lowest BCUT2D eigenvalue weighted by atomic mass is 10.0. The maximum Gasteiger partial charge on any atom is 0.306 e. The number of amides is 1. The lowest BCUT2D eigenvalue weighted by molar-refractivity contribution is -0.140. The second kappa shape index (κ2) is 11.7. The van der Waals surface area contributed by atoms with Gasteiger partial charge in [0.1, 0.15) is 0 Å². The Hall–Kier alpha value is -2.18. The molecule has 1 heterocycles. The topological polar surface area (TPSA) is 66.8 Å². The third-order valence-corrected chi connectivity index (χ3v) is 5.73. The van der Waals surface area contributed by atoms with Gasteiger partial charge in [0.05, 0.1) is 19.1 Å². The second-order valence-corrected chi connectivity index (χ2v) is 8.17. The normalized spacial score (nSPS) is 12.0. The summed E-state index contributed by atoms with van der Waals surface area (Å²) in [5.41, 5.74) is 3.04. The molecule has 1 amide bonds. The van der Waals surface area contributed by atoms with Crippen LogP contribution in [0, 0.1) is 0 Å². The zero-order valence-corrected chi connectivity index (χ0v) is 18.3. The van der Waals surface area contributed by atoms with Crippen LogP contribution in [0.1, 0.15) is 62.5 Å². The first-order chi connectivity index (χ1) is 13.9. The van der Waals surface area contributed by atoms with Crippen molar-refractivity contribution in [3.63, 3.8) is 0 Å². The summed E-state index contributed by atoms with van der Waals surface area (Å²) in [4.78, 5) is 26.2. The van der Waals surface area contributed by atoms with Crippen molar-refractivity contribution in [3.05, 3.63) is 46.2 Å². The summed E-state index contributed by atoms with van der Waals surface area (Å²) in [6.45, 7) is 5.09. The quantitative estimate of drug-likeness (QED) is 0.463. The van der Waals surface area contributed by atoms with Crippen molar-refractivity contribution in [3.8, 4) is 11.1 Å². The molecule has 5 nitrogen and oxygen atoms in total. The van der Waals surface area contributed by atoms with Crippen molar-refractivity contribution < 1.29 is 19.4 Å². The van der Waals surface area contributed by atoms with Crippen molar-refractivity contribution in [2.75, 3.05) is 13.7 Å². The summed E-state index contributed by atoms with van der Waals surface area (Å²) in [6, 6.07) is 9.97. The number of nitrogens with zero attached hydrogens (tertiary/aromatic N) is 1. The number of carbonyl (C=O) groups is 2. The van der Waals surface area contributed by atoms with Gasteiger partial charge in [-0.1, -0.05) is 44.0 Å². The van der Waals surface area contributed by atoms with Crippen LogP contribution in [0.25, 0.3) is 11.1 Å². The number of carboxylic acid groups (broad SMARTS) is 1. The number of carbonyl (C=O) groups excluding carboxylic acids is 1. The highest BCUT2D eigenvalue weighted by Gasteiger charge is 2.16. The van der Waals surface area contributed by atoms with E-state index in [2.05, 4.69) is 18.4 Å². The number of rotatable bonds is 12. The molecule has 0 radical (unpaired) electrons. The molecule has 0 saturated carbocycles. The molecule has 0 saturated heterocycles. The summed E-state index contributed by atoms with van der Waals surface area (Å²) >= 11 is 1.65. The van der Waals surface area contributed by atoms with Crippen molar-refractivity contribution >= 4 is 23.2 Å². The average molecular weight is 418 g/mol. The molecule has 29 heavy (non-hydrogen) atoms. The van der Waals surface area contributed by atoms with E-state index in [0.29, 0.717) is 19.6 Å². The van der Waals surface area contributed by atoms with Gasteiger partial charge >= 0.3 is 5.97 Å². The van der Waals surface area contributed by atoms with Crippen molar-refractivity contribution in [1.29, 1.82) is 0 Å². The number of unbranched alkanes of at least 4 members (excludes halogenated alkanes) is 2. The molecule has 6 heteroatoms. The first kappa shape index (κ1) is 23.1. The van der Waals surface area contributed by atoms with E-state index in [9.17, 15) is 9.59 Å². The number of thiophene rings is 1. The van der Waals surface area contributed by atoms with E-state index < -0.39 is 12.1 Å². The maximum atomic E-state index is 12.2. The highest BCUT2D eigenvalue weighted by atomic mass is 32.1. The van der Waals surface area contributed by atoms with E-state index in [4.69, 9.17) is 9.84 Å². The first-order valence-electron chi connectivity index (χ1n) is 10.2. The van der Waals surface area contributed by atoms with Crippen LogP contribution < -0.4 is 0 Å². The van der Waals surface area contributed by atoms with Crippen LogP contribution in [-0.4, -0.2) is 35.5 Å². The number of hydrogen-bond donors (Lipinski definition) is 1. The fourth-order valence-corrected chi connectivity index (χ4v) is 4.12. The summed E-state index contributed by atoms with van der Waals surface area (Å²) in [7, 11) is 1.86. The Kier molecular flexibility index (Phi) is 9.35. The van der Waals surface area contributed by atoms with Crippen LogP contribution in [-0.2, 0) is 20.9 Å². The molecule has 0 aliphatic carbocycles. The smallest absolute Gasteiger partial charge is 0.306 e. The minimum atomic E-state index is -0.872. The van der Waals surface area contributed by atoms with Gasteiger partial charge in [-0.3, -0.25) is 9.59 Å². The third kappa shape index (κ3) is 7.29. The Bertz CT molecular complexity index is 784. The Balaban J connectivity index is 2.00. The van der Waals surface area contributed by atoms with Crippen LogP contribution in [0.3, 0.4) is 0 Å². The van der Waals surface area contributed by atoms with Gasteiger partial charge in [0, 0.05) is 25.0 Å². The number of hydrogen-bond acceptors (Lipinski definition) is 4. The average Bonchev–Trinajstić information content (AvgIpc) is 3.16. The molecule has 0 aliphatic heterocycles. The largest absolute Gasteiger partial charge is 0.481 e. The van der Waals surface area contributed by atoms with Gasteiger partial charge in [-0.2, -0.15) is 0 Å². The lowest BCUT2D eigenvalue weighted by Crippen LogP contribution is -2.25. The van der Waals surface area contributed by atoms with Gasteiger partial charge in [0.25, 0.3) is 0 Å². The molecule has 1 aromatic carbocycles. The molecule has 0 fully saturated rings. The van der Waals surface area contributed by atoms with Crippen LogP contribution in [0.5, 0.6) is 0 Å². The Morgan fingerprint density at radius 2 is 1.86 bits per heavy atom. The number of benzene rings is 1. The number of aliphatic carboxylic acids is 1. The van der Waals surface area contributed by atoms with E-state index in [1.54, 1.807) is 16.2 Å². The molecule has 1 atom stereocenters. The number of ether oxygens (including phenoxy) is 1. The molecule has 0 aliphatic rings. The zero-order chi connectivity index (χ0) is 21.2. The third-order valence-electron chi connectivity index (χ3n) is 4.81.